The van der Waals surface area contributed by atoms with E-state index in [0.717, 1.165) is 10.8 Å². The summed E-state index contributed by atoms with van der Waals surface area (Å²) in [5.74, 6) is -0.150. The zero-order valence-electron chi connectivity index (χ0n) is 11.9. The molecular formula is C10H16BN2O8P. The fourth-order valence-electron chi connectivity index (χ4n) is 2.10. The molecule has 2 heterocycles. The summed E-state index contributed by atoms with van der Waals surface area (Å²) in [6.45, 7) is -0.196. The second kappa shape index (κ2) is 6.80. The van der Waals surface area contributed by atoms with Crippen molar-refractivity contribution in [2.24, 2.45) is 0 Å². The third kappa shape index (κ3) is 3.34. The molecule has 1 saturated heterocycles. The van der Waals surface area contributed by atoms with Crippen LogP contribution in [0.3, 0.4) is 0 Å². The Labute approximate surface area is 125 Å². The number of ether oxygens (including phenoxy) is 2. The van der Waals surface area contributed by atoms with Crippen molar-refractivity contribution in [3.63, 3.8) is 0 Å². The van der Waals surface area contributed by atoms with Gasteiger partial charge in [-0.25, -0.2) is 4.79 Å². The maximum Gasteiger partial charge on any atom is 0.330 e. The molecule has 1 aliphatic rings. The van der Waals surface area contributed by atoms with Crippen LogP contribution in [0.25, 0.3) is 0 Å². The maximum atomic E-state index is 11.8. The molecule has 12 heteroatoms. The standard InChI is InChI=1S/C10H16BN2O8P/c1-19-4-2-13(10(17)12-8(4)16)9-7(15)6(14)5(21-9)3-20-22(11)18/h2,5-7,9,14-15,22H,3,11H2,1H3,(H,12,16,17)/t5-,6?,7+,9-/m1/s1. The smallest absolute Gasteiger partial charge is 0.330 e. The summed E-state index contributed by atoms with van der Waals surface area (Å²) >= 11 is 0. The average molecular weight is 334 g/mol. The number of H-pyrrole nitrogens is 1. The molecule has 1 aromatic heterocycles. The van der Waals surface area contributed by atoms with E-state index in [0.29, 0.717) is 0 Å². The number of nitrogens with zero attached hydrogens (tertiary/aromatic N) is 1. The lowest BCUT2D eigenvalue weighted by molar-refractivity contribution is -0.0508. The van der Waals surface area contributed by atoms with Crippen LogP contribution in [0.1, 0.15) is 6.23 Å². The Morgan fingerprint density at radius 3 is 2.73 bits per heavy atom. The van der Waals surface area contributed by atoms with Crippen molar-refractivity contribution in [2.45, 2.75) is 24.5 Å². The van der Waals surface area contributed by atoms with Crippen molar-refractivity contribution in [1.82, 2.24) is 9.55 Å². The van der Waals surface area contributed by atoms with Gasteiger partial charge in [0.05, 0.1) is 19.9 Å². The van der Waals surface area contributed by atoms with E-state index in [1.54, 1.807) is 0 Å². The maximum absolute atomic E-state index is 11.8. The molecule has 5 atom stereocenters. The second-order valence-corrected chi connectivity index (χ2v) is 5.98. The van der Waals surface area contributed by atoms with Gasteiger partial charge in [0, 0.05) is 0 Å². The molecule has 1 fully saturated rings. The summed E-state index contributed by atoms with van der Waals surface area (Å²) in [7, 11) is 0.392. The first-order chi connectivity index (χ1) is 10.3. The Morgan fingerprint density at radius 1 is 1.45 bits per heavy atom. The van der Waals surface area contributed by atoms with Crippen LogP contribution in [0, 0.1) is 0 Å². The molecule has 1 aromatic rings. The first kappa shape index (κ1) is 17.0. The van der Waals surface area contributed by atoms with E-state index in [-0.39, 0.29) is 12.4 Å². The van der Waals surface area contributed by atoms with Gasteiger partial charge in [-0.05, 0) is 0 Å². The minimum absolute atomic E-state index is 0.150. The van der Waals surface area contributed by atoms with E-state index < -0.39 is 43.7 Å². The molecule has 2 unspecified atom stereocenters. The highest BCUT2D eigenvalue weighted by Crippen LogP contribution is 2.30. The molecule has 2 rings (SSSR count). The molecule has 122 valence electrons. The van der Waals surface area contributed by atoms with E-state index in [1.807, 2.05) is 4.98 Å². The molecule has 0 aromatic carbocycles. The van der Waals surface area contributed by atoms with E-state index in [9.17, 15) is 24.4 Å². The zero-order valence-corrected chi connectivity index (χ0v) is 12.9. The predicted octanol–water partition coefficient (Wildman–Crippen LogP) is -2.80. The highest BCUT2D eigenvalue weighted by Gasteiger charge is 2.44. The second-order valence-electron chi connectivity index (χ2n) is 4.71. The van der Waals surface area contributed by atoms with Crippen molar-refractivity contribution in [1.29, 1.82) is 0 Å². The average Bonchev–Trinajstić information content (AvgIpc) is 2.73. The van der Waals surface area contributed by atoms with Gasteiger partial charge in [-0.15, -0.1) is 0 Å². The van der Waals surface area contributed by atoms with Gasteiger partial charge in [0.1, 0.15) is 26.2 Å². The van der Waals surface area contributed by atoms with Gasteiger partial charge in [-0.3, -0.25) is 14.3 Å². The molecular weight excluding hydrogens is 318 g/mol. The number of nitrogens with one attached hydrogen (secondary N) is 1. The molecule has 22 heavy (non-hydrogen) atoms. The van der Waals surface area contributed by atoms with Crippen LogP contribution < -0.4 is 16.0 Å². The van der Waals surface area contributed by atoms with E-state index in [1.165, 1.54) is 14.7 Å². The van der Waals surface area contributed by atoms with Crippen LogP contribution in [0.4, 0.5) is 0 Å². The van der Waals surface area contributed by atoms with Crippen molar-refractivity contribution in [3.8, 4) is 5.75 Å². The Morgan fingerprint density at radius 2 is 2.14 bits per heavy atom. The lowest BCUT2D eigenvalue weighted by Gasteiger charge is -2.17. The van der Waals surface area contributed by atoms with Crippen LogP contribution in [-0.4, -0.2) is 59.4 Å². The largest absolute Gasteiger partial charge is 0.490 e. The number of methoxy groups -OCH3 is 1. The molecule has 3 N–H and O–H groups in total. The monoisotopic (exact) mass is 334 g/mol. The molecule has 1 aliphatic heterocycles. The van der Waals surface area contributed by atoms with Crippen molar-refractivity contribution in [2.75, 3.05) is 13.7 Å². The van der Waals surface area contributed by atoms with Crippen LogP contribution in [-0.2, 0) is 13.8 Å². The van der Waals surface area contributed by atoms with Gasteiger partial charge in [0.25, 0.3) is 5.56 Å². The molecule has 0 bridgehead atoms. The van der Waals surface area contributed by atoms with Gasteiger partial charge >= 0.3 is 5.69 Å². The summed E-state index contributed by atoms with van der Waals surface area (Å²) in [4.78, 5) is 25.3. The van der Waals surface area contributed by atoms with Crippen LogP contribution >= 0.6 is 7.91 Å². The highest BCUT2D eigenvalue weighted by atomic mass is 31.1. The van der Waals surface area contributed by atoms with Gasteiger partial charge < -0.3 is 28.8 Å². The van der Waals surface area contributed by atoms with Crippen molar-refractivity contribution < 1.29 is 28.8 Å². The minimum atomic E-state index is -2.23. The predicted molar refractivity (Wildman–Crippen MR) is 77.3 cm³/mol. The molecule has 10 nitrogen and oxygen atoms in total. The number of aromatic amines is 1. The number of aliphatic hydroxyl groups excluding tert-OH is 2. The number of rotatable bonds is 5. The SMILES string of the molecule is B[PH](=O)OC[C@H]1O[C@@H](n2cc(OC)c(=O)[nH]c2=O)[C@@H](O)C1O. The van der Waals surface area contributed by atoms with Gasteiger partial charge in [-0.2, -0.15) is 0 Å². The van der Waals surface area contributed by atoms with E-state index >= 15 is 0 Å². The van der Waals surface area contributed by atoms with Crippen LogP contribution in [0.15, 0.2) is 15.8 Å². The summed E-state index contributed by atoms with van der Waals surface area (Å²) in [5, 5.41) is 19.9. The minimum Gasteiger partial charge on any atom is -0.490 e. The number of aromatic nitrogens is 2. The van der Waals surface area contributed by atoms with Gasteiger partial charge in [-0.1, -0.05) is 0 Å². The Kier molecular flexibility index (Phi) is 5.25. The molecule has 0 amide bonds. The van der Waals surface area contributed by atoms with Crippen LogP contribution in [0.5, 0.6) is 5.75 Å². The molecule has 0 saturated carbocycles. The lowest BCUT2D eigenvalue weighted by Crippen LogP contribution is -2.38. The van der Waals surface area contributed by atoms with Crippen LogP contribution in [0.2, 0.25) is 0 Å². The lowest BCUT2D eigenvalue weighted by atomic mass is 10.1. The van der Waals surface area contributed by atoms with E-state index in [4.69, 9.17) is 14.0 Å². The topological polar surface area (TPSA) is 140 Å². The molecule has 0 aliphatic carbocycles. The van der Waals surface area contributed by atoms with Gasteiger partial charge in [0.2, 0.25) is 13.3 Å². The first-order valence-electron chi connectivity index (χ1n) is 6.39. The number of hydrogen-bond acceptors (Lipinski definition) is 8. The number of hydrogen-bond donors (Lipinski definition) is 3. The summed E-state index contributed by atoms with van der Waals surface area (Å²) in [5.41, 5.74) is -1.55. The summed E-state index contributed by atoms with van der Waals surface area (Å²) in [6, 6.07) is 0. The normalized spacial score (nSPS) is 29.4. The van der Waals surface area contributed by atoms with E-state index in [2.05, 4.69) is 0 Å². The summed E-state index contributed by atoms with van der Waals surface area (Å²) in [6.07, 6.45) is -3.88. The summed E-state index contributed by atoms with van der Waals surface area (Å²) < 4.78 is 27.0. The fourth-order valence-corrected chi connectivity index (χ4v) is 2.50. The highest BCUT2D eigenvalue weighted by molar-refractivity contribution is 7.67. The first-order valence-corrected chi connectivity index (χ1v) is 8.21. The Balaban J connectivity index is 2.28. The molecule has 0 spiro atoms. The Hall–Kier alpha value is -1.39. The third-order valence-electron chi connectivity index (χ3n) is 3.22. The van der Waals surface area contributed by atoms with Gasteiger partial charge in [0.15, 0.2) is 6.23 Å². The molecule has 0 radical (unpaired) electrons. The Bertz CT molecular complexity index is 676. The number of aliphatic hydroxyl groups is 2. The quantitative estimate of drug-likeness (QED) is 0.388. The van der Waals surface area contributed by atoms with Crippen molar-refractivity contribution in [3.05, 3.63) is 27.0 Å². The zero-order chi connectivity index (χ0) is 16.4. The fraction of sp³-hybridized carbons (Fsp3) is 0.600. The van der Waals surface area contributed by atoms with Crippen molar-refractivity contribution >= 4 is 15.5 Å². The third-order valence-corrected chi connectivity index (χ3v) is 3.79.